The number of ether oxygens (including phenoxy) is 1. The van der Waals surface area contributed by atoms with Gasteiger partial charge in [0.1, 0.15) is 12.2 Å². The lowest BCUT2D eigenvalue weighted by Gasteiger charge is -2.20. The normalized spacial score (nSPS) is 11.3. The van der Waals surface area contributed by atoms with Crippen molar-refractivity contribution in [2.75, 3.05) is 33.4 Å². The summed E-state index contributed by atoms with van der Waals surface area (Å²) in [7, 11) is 1.71. The number of rotatable bonds is 9. The Morgan fingerprint density at radius 3 is 2.94 bits per heavy atom. The molecule has 17 heavy (non-hydrogen) atoms. The molecule has 0 spiro atoms. The fraction of sp³-hybridized carbons (Fsp3) is 0.818. The van der Waals surface area contributed by atoms with Gasteiger partial charge in [-0.15, -0.1) is 0 Å². The molecule has 2 N–H and O–H groups in total. The molecule has 6 nitrogen and oxygen atoms in total. The van der Waals surface area contributed by atoms with Gasteiger partial charge in [-0.25, -0.2) is 9.67 Å². The van der Waals surface area contributed by atoms with E-state index in [2.05, 4.69) is 21.9 Å². The highest BCUT2D eigenvalue weighted by Gasteiger charge is 2.09. The Morgan fingerprint density at radius 2 is 2.29 bits per heavy atom. The smallest absolute Gasteiger partial charge is 0.141 e. The zero-order valence-electron chi connectivity index (χ0n) is 10.8. The van der Waals surface area contributed by atoms with Crippen LogP contribution in [0.25, 0.3) is 0 Å². The molecule has 0 fully saturated rings. The summed E-state index contributed by atoms with van der Waals surface area (Å²) in [5.41, 5.74) is 5.60. The van der Waals surface area contributed by atoms with Gasteiger partial charge in [0.25, 0.3) is 0 Å². The Hall–Kier alpha value is -0.980. The fourth-order valence-electron chi connectivity index (χ4n) is 1.68. The Labute approximate surface area is 103 Å². The van der Waals surface area contributed by atoms with E-state index >= 15 is 0 Å². The lowest BCUT2D eigenvalue weighted by molar-refractivity contribution is 0.143. The van der Waals surface area contributed by atoms with E-state index in [4.69, 9.17) is 10.5 Å². The summed E-state index contributed by atoms with van der Waals surface area (Å²) >= 11 is 0. The van der Waals surface area contributed by atoms with Crippen LogP contribution in [-0.2, 0) is 17.8 Å². The van der Waals surface area contributed by atoms with Crippen molar-refractivity contribution in [3.8, 4) is 0 Å². The minimum atomic E-state index is 0.644. The maximum atomic E-state index is 5.60. The van der Waals surface area contributed by atoms with Crippen molar-refractivity contribution >= 4 is 0 Å². The van der Waals surface area contributed by atoms with Crippen molar-refractivity contribution in [2.45, 2.75) is 26.4 Å². The zero-order valence-corrected chi connectivity index (χ0v) is 10.8. The molecule has 0 saturated heterocycles. The van der Waals surface area contributed by atoms with Gasteiger partial charge in [-0.2, -0.15) is 5.10 Å². The van der Waals surface area contributed by atoms with E-state index in [9.17, 15) is 0 Å². The highest BCUT2D eigenvalue weighted by Crippen LogP contribution is 2.01. The maximum absolute atomic E-state index is 5.60. The van der Waals surface area contributed by atoms with Crippen LogP contribution in [0.5, 0.6) is 0 Å². The maximum Gasteiger partial charge on any atom is 0.141 e. The number of nitrogens with two attached hydrogens (primary N) is 1. The second-order valence-corrected chi connectivity index (χ2v) is 3.96. The molecule has 1 aromatic heterocycles. The first-order valence-corrected chi connectivity index (χ1v) is 6.09. The molecular formula is C11H23N5O. The molecule has 0 aliphatic rings. The van der Waals surface area contributed by atoms with Crippen molar-refractivity contribution in [1.29, 1.82) is 0 Å². The Kier molecular flexibility index (Phi) is 6.76. The number of hydrogen-bond acceptors (Lipinski definition) is 5. The third-order valence-corrected chi connectivity index (χ3v) is 2.55. The Balaban J connectivity index is 2.54. The molecule has 0 bridgehead atoms. The van der Waals surface area contributed by atoms with Gasteiger partial charge in [0.2, 0.25) is 0 Å². The van der Waals surface area contributed by atoms with Crippen LogP contribution in [0.2, 0.25) is 0 Å². The SMILES string of the molecule is CCCn1ncnc1CN(CCN)CCOC. The second-order valence-electron chi connectivity index (χ2n) is 3.96. The molecule has 0 aromatic carbocycles. The molecular weight excluding hydrogens is 218 g/mol. The summed E-state index contributed by atoms with van der Waals surface area (Å²) in [6.45, 7) is 6.90. The highest BCUT2D eigenvalue weighted by molar-refractivity contribution is 4.84. The number of nitrogens with zero attached hydrogens (tertiary/aromatic N) is 4. The van der Waals surface area contributed by atoms with Crippen LogP contribution < -0.4 is 5.73 Å². The quantitative estimate of drug-likeness (QED) is 0.664. The van der Waals surface area contributed by atoms with E-state index < -0.39 is 0 Å². The van der Waals surface area contributed by atoms with E-state index in [0.29, 0.717) is 13.2 Å². The van der Waals surface area contributed by atoms with Crippen molar-refractivity contribution in [1.82, 2.24) is 19.7 Å². The summed E-state index contributed by atoms with van der Waals surface area (Å²) < 4.78 is 7.04. The molecule has 0 amide bonds. The summed E-state index contributed by atoms with van der Waals surface area (Å²) in [6, 6.07) is 0. The van der Waals surface area contributed by atoms with Gasteiger partial charge < -0.3 is 10.5 Å². The zero-order chi connectivity index (χ0) is 12.5. The fourth-order valence-corrected chi connectivity index (χ4v) is 1.68. The monoisotopic (exact) mass is 241 g/mol. The standard InChI is InChI=1S/C11H23N5O/c1-3-5-16-11(13-10-14-16)9-15(6-4-12)7-8-17-2/h10H,3-9,12H2,1-2H3. The van der Waals surface area contributed by atoms with Gasteiger partial charge in [0.05, 0.1) is 13.2 Å². The van der Waals surface area contributed by atoms with Crippen molar-refractivity contribution in [3.05, 3.63) is 12.2 Å². The van der Waals surface area contributed by atoms with E-state index in [1.807, 2.05) is 4.68 Å². The molecule has 0 unspecified atom stereocenters. The predicted octanol–water partition coefficient (Wildman–Crippen LogP) is 0.0952. The van der Waals surface area contributed by atoms with Crippen LogP contribution in [0.3, 0.4) is 0 Å². The van der Waals surface area contributed by atoms with Gasteiger partial charge in [0, 0.05) is 33.3 Å². The molecule has 6 heteroatoms. The van der Waals surface area contributed by atoms with Crippen molar-refractivity contribution in [3.63, 3.8) is 0 Å². The van der Waals surface area contributed by atoms with Crippen molar-refractivity contribution in [2.24, 2.45) is 5.73 Å². The summed E-state index contributed by atoms with van der Waals surface area (Å²) in [5.74, 6) is 0.997. The van der Waals surface area contributed by atoms with E-state index in [1.54, 1.807) is 13.4 Å². The summed E-state index contributed by atoms with van der Waals surface area (Å²) in [4.78, 5) is 6.53. The largest absolute Gasteiger partial charge is 0.383 e. The minimum Gasteiger partial charge on any atom is -0.383 e. The molecule has 0 radical (unpaired) electrons. The van der Waals surface area contributed by atoms with Crippen LogP contribution >= 0.6 is 0 Å². The number of hydrogen-bond donors (Lipinski definition) is 1. The number of aryl methyl sites for hydroxylation is 1. The van der Waals surface area contributed by atoms with Crippen LogP contribution in [0.4, 0.5) is 0 Å². The average molecular weight is 241 g/mol. The molecule has 0 aliphatic carbocycles. The second kappa shape index (κ2) is 8.16. The molecule has 0 aliphatic heterocycles. The molecule has 1 heterocycles. The van der Waals surface area contributed by atoms with Crippen molar-refractivity contribution < 1.29 is 4.74 Å². The van der Waals surface area contributed by atoms with Gasteiger partial charge in [0.15, 0.2) is 0 Å². The van der Waals surface area contributed by atoms with Gasteiger partial charge in [-0.05, 0) is 6.42 Å². The minimum absolute atomic E-state index is 0.644. The van der Waals surface area contributed by atoms with Crippen LogP contribution in [0, 0.1) is 0 Å². The van der Waals surface area contributed by atoms with Gasteiger partial charge >= 0.3 is 0 Å². The van der Waals surface area contributed by atoms with Crippen LogP contribution in [-0.4, -0.2) is 53.0 Å². The summed E-state index contributed by atoms with van der Waals surface area (Å²) in [6.07, 6.45) is 2.67. The number of methoxy groups -OCH3 is 1. The van der Waals surface area contributed by atoms with E-state index in [-0.39, 0.29) is 0 Å². The molecule has 1 aromatic rings. The third-order valence-electron chi connectivity index (χ3n) is 2.55. The third kappa shape index (κ3) is 4.80. The lowest BCUT2D eigenvalue weighted by atomic mass is 10.4. The van der Waals surface area contributed by atoms with Gasteiger partial charge in [-0.3, -0.25) is 4.90 Å². The summed E-state index contributed by atoms with van der Waals surface area (Å²) in [5, 5.41) is 4.22. The first kappa shape index (κ1) is 14.1. The first-order valence-electron chi connectivity index (χ1n) is 6.09. The van der Waals surface area contributed by atoms with Crippen LogP contribution in [0.15, 0.2) is 6.33 Å². The predicted molar refractivity (Wildman–Crippen MR) is 66.5 cm³/mol. The Bertz CT molecular complexity index is 302. The average Bonchev–Trinajstić information content (AvgIpc) is 2.74. The first-order chi connectivity index (χ1) is 8.31. The molecule has 0 atom stereocenters. The topological polar surface area (TPSA) is 69.2 Å². The van der Waals surface area contributed by atoms with Gasteiger partial charge in [-0.1, -0.05) is 6.92 Å². The lowest BCUT2D eigenvalue weighted by Crippen LogP contribution is -2.33. The Morgan fingerprint density at radius 1 is 1.47 bits per heavy atom. The molecule has 1 rings (SSSR count). The van der Waals surface area contributed by atoms with E-state index in [0.717, 1.165) is 38.4 Å². The van der Waals surface area contributed by atoms with Crippen LogP contribution in [0.1, 0.15) is 19.2 Å². The highest BCUT2D eigenvalue weighted by atomic mass is 16.5. The van der Waals surface area contributed by atoms with E-state index in [1.165, 1.54) is 0 Å². The molecule has 98 valence electrons. The molecule has 0 saturated carbocycles. The number of aromatic nitrogens is 3.